The molecule has 0 radical (unpaired) electrons. The molecular formula is C19H25N3O2. The number of nitrogens with two attached hydrogens (primary N) is 1. The van der Waals surface area contributed by atoms with Crippen molar-refractivity contribution in [2.24, 2.45) is 10.7 Å². The third-order valence-corrected chi connectivity index (χ3v) is 3.56. The van der Waals surface area contributed by atoms with E-state index in [4.69, 9.17) is 15.2 Å². The zero-order chi connectivity index (χ0) is 17.4. The van der Waals surface area contributed by atoms with E-state index in [1.807, 2.05) is 36.4 Å². The maximum atomic E-state index is 5.89. The van der Waals surface area contributed by atoms with Crippen LogP contribution in [0.5, 0.6) is 11.5 Å². The molecule has 24 heavy (non-hydrogen) atoms. The van der Waals surface area contributed by atoms with Crippen LogP contribution in [0.2, 0.25) is 0 Å². The number of para-hydroxylation sites is 2. The van der Waals surface area contributed by atoms with Gasteiger partial charge in [-0.25, -0.2) is 4.99 Å². The van der Waals surface area contributed by atoms with E-state index in [2.05, 4.69) is 36.3 Å². The second-order valence-corrected chi connectivity index (χ2v) is 5.66. The summed E-state index contributed by atoms with van der Waals surface area (Å²) in [4.78, 5) is 4.26. The van der Waals surface area contributed by atoms with Gasteiger partial charge < -0.3 is 20.5 Å². The van der Waals surface area contributed by atoms with Crippen molar-refractivity contribution < 1.29 is 9.47 Å². The first-order valence-electron chi connectivity index (χ1n) is 8.03. The van der Waals surface area contributed by atoms with E-state index in [0.29, 0.717) is 25.0 Å². The molecule has 0 saturated heterocycles. The normalized spacial score (nSPS) is 11.4. The van der Waals surface area contributed by atoms with Crippen LogP contribution in [0.4, 0.5) is 5.69 Å². The van der Waals surface area contributed by atoms with Crippen LogP contribution in [0.15, 0.2) is 53.5 Å². The van der Waals surface area contributed by atoms with Gasteiger partial charge in [0.1, 0.15) is 18.1 Å². The van der Waals surface area contributed by atoms with Crippen molar-refractivity contribution in [3.05, 3.63) is 54.1 Å². The van der Waals surface area contributed by atoms with E-state index in [0.717, 1.165) is 17.2 Å². The highest BCUT2D eigenvalue weighted by Crippen LogP contribution is 2.22. The second kappa shape index (κ2) is 8.82. The van der Waals surface area contributed by atoms with Crippen molar-refractivity contribution in [2.45, 2.75) is 19.8 Å². The number of methoxy groups -OCH3 is 1. The van der Waals surface area contributed by atoms with E-state index in [-0.39, 0.29) is 0 Å². The summed E-state index contributed by atoms with van der Waals surface area (Å²) in [5, 5.41) is 3.03. The Bertz CT molecular complexity index is 667. The van der Waals surface area contributed by atoms with Crippen molar-refractivity contribution in [1.29, 1.82) is 0 Å². The molecule has 0 spiro atoms. The molecule has 0 heterocycles. The maximum Gasteiger partial charge on any atom is 0.193 e. The highest BCUT2D eigenvalue weighted by molar-refractivity contribution is 5.93. The van der Waals surface area contributed by atoms with Crippen LogP contribution in [0.3, 0.4) is 0 Å². The Labute approximate surface area is 143 Å². The number of rotatable bonds is 7. The van der Waals surface area contributed by atoms with Crippen LogP contribution in [0, 0.1) is 0 Å². The topological polar surface area (TPSA) is 68.9 Å². The Kier molecular flexibility index (Phi) is 6.49. The van der Waals surface area contributed by atoms with Gasteiger partial charge in [-0.05, 0) is 35.7 Å². The third kappa shape index (κ3) is 5.19. The largest absolute Gasteiger partial charge is 0.495 e. The molecule has 0 saturated carbocycles. The average Bonchev–Trinajstić information content (AvgIpc) is 2.59. The summed E-state index contributed by atoms with van der Waals surface area (Å²) >= 11 is 0. The first-order valence-corrected chi connectivity index (χ1v) is 8.03. The van der Waals surface area contributed by atoms with Crippen LogP contribution in [0.25, 0.3) is 0 Å². The fourth-order valence-electron chi connectivity index (χ4n) is 2.20. The molecule has 0 atom stereocenters. The predicted octanol–water partition coefficient (Wildman–Crippen LogP) is 3.62. The number of nitrogens with zero attached hydrogens (tertiary/aromatic N) is 1. The van der Waals surface area contributed by atoms with Crippen LogP contribution < -0.4 is 20.5 Å². The quantitative estimate of drug-likeness (QED) is 0.463. The maximum absolute atomic E-state index is 5.89. The minimum atomic E-state index is 0.332. The number of nitrogens with one attached hydrogen (secondary N) is 1. The van der Waals surface area contributed by atoms with E-state index >= 15 is 0 Å². The smallest absolute Gasteiger partial charge is 0.193 e. The van der Waals surface area contributed by atoms with Crippen molar-refractivity contribution in [3.8, 4) is 11.5 Å². The summed E-state index contributed by atoms with van der Waals surface area (Å²) in [6, 6.07) is 15.7. The molecule has 0 bridgehead atoms. The highest BCUT2D eigenvalue weighted by atomic mass is 16.5. The summed E-state index contributed by atoms with van der Waals surface area (Å²) in [6.07, 6.45) is 0. The lowest BCUT2D eigenvalue weighted by molar-refractivity contribution is 0.328. The molecule has 128 valence electrons. The van der Waals surface area contributed by atoms with Crippen LogP contribution in [-0.2, 0) is 0 Å². The van der Waals surface area contributed by atoms with Gasteiger partial charge in [-0.1, -0.05) is 38.1 Å². The number of ether oxygens (including phenoxy) is 2. The molecule has 0 amide bonds. The summed E-state index contributed by atoms with van der Waals surface area (Å²) in [5.74, 6) is 2.41. The predicted molar refractivity (Wildman–Crippen MR) is 99.1 cm³/mol. The molecule has 5 nitrogen and oxygen atoms in total. The lowest BCUT2D eigenvalue weighted by atomic mass is 10.0. The Hall–Kier alpha value is -2.69. The zero-order valence-corrected chi connectivity index (χ0v) is 14.5. The third-order valence-electron chi connectivity index (χ3n) is 3.56. The van der Waals surface area contributed by atoms with Crippen molar-refractivity contribution in [1.82, 2.24) is 0 Å². The van der Waals surface area contributed by atoms with Gasteiger partial charge in [-0.3, -0.25) is 0 Å². The molecular weight excluding hydrogens is 302 g/mol. The zero-order valence-electron chi connectivity index (χ0n) is 14.5. The first kappa shape index (κ1) is 17.7. The van der Waals surface area contributed by atoms with Gasteiger partial charge in [0.25, 0.3) is 0 Å². The minimum absolute atomic E-state index is 0.332. The number of hydrogen-bond acceptors (Lipinski definition) is 3. The Morgan fingerprint density at radius 2 is 1.83 bits per heavy atom. The summed E-state index contributed by atoms with van der Waals surface area (Å²) in [7, 11) is 1.62. The summed E-state index contributed by atoms with van der Waals surface area (Å²) < 4.78 is 10.9. The molecule has 2 aromatic carbocycles. The lowest BCUT2D eigenvalue weighted by Gasteiger charge is -2.10. The fraction of sp³-hybridized carbons (Fsp3) is 0.316. The molecule has 0 aliphatic rings. The van der Waals surface area contributed by atoms with Crippen molar-refractivity contribution in [3.63, 3.8) is 0 Å². The molecule has 5 heteroatoms. The fourth-order valence-corrected chi connectivity index (χ4v) is 2.20. The Balaban J connectivity index is 1.80. The van der Waals surface area contributed by atoms with Crippen molar-refractivity contribution in [2.75, 3.05) is 25.6 Å². The molecule has 2 rings (SSSR count). The SMILES string of the molecule is COc1ccccc1NC(N)=NCCOc1ccc(C(C)C)cc1. The van der Waals surface area contributed by atoms with E-state index in [9.17, 15) is 0 Å². The Morgan fingerprint density at radius 3 is 2.50 bits per heavy atom. The van der Waals surface area contributed by atoms with Crippen LogP contribution in [0.1, 0.15) is 25.3 Å². The highest BCUT2D eigenvalue weighted by Gasteiger charge is 2.02. The molecule has 0 aromatic heterocycles. The minimum Gasteiger partial charge on any atom is -0.495 e. The van der Waals surface area contributed by atoms with E-state index in [1.54, 1.807) is 7.11 Å². The lowest BCUT2D eigenvalue weighted by Crippen LogP contribution is -2.23. The average molecular weight is 327 g/mol. The van der Waals surface area contributed by atoms with Crippen molar-refractivity contribution >= 4 is 11.6 Å². The number of guanidine groups is 1. The Morgan fingerprint density at radius 1 is 1.12 bits per heavy atom. The van der Waals surface area contributed by atoms with Crippen LogP contribution in [-0.4, -0.2) is 26.2 Å². The number of aliphatic imine (C=N–C) groups is 1. The number of hydrogen-bond donors (Lipinski definition) is 2. The monoisotopic (exact) mass is 327 g/mol. The van der Waals surface area contributed by atoms with Gasteiger partial charge in [0.2, 0.25) is 0 Å². The summed E-state index contributed by atoms with van der Waals surface area (Å²) in [6.45, 7) is 5.28. The molecule has 2 aromatic rings. The first-order chi connectivity index (χ1) is 11.6. The van der Waals surface area contributed by atoms with E-state index < -0.39 is 0 Å². The van der Waals surface area contributed by atoms with Gasteiger partial charge in [0.05, 0.1) is 19.3 Å². The van der Waals surface area contributed by atoms with Gasteiger partial charge in [-0.2, -0.15) is 0 Å². The number of benzene rings is 2. The van der Waals surface area contributed by atoms with Crippen LogP contribution >= 0.6 is 0 Å². The van der Waals surface area contributed by atoms with Gasteiger partial charge in [0.15, 0.2) is 5.96 Å². The second-order valence-electron chi connectivity index (χ2n) is 5.66. The van der Waals surface area contributed by atoms with Gasteiger partial charge in [-0.15, -0.1) is 0 Å². The summed E-state index contributed by atoms with van der Waals surface area (Å²) in [5.41, 5.74) is 7.97. The van der Waals surface area contributed by atoms with Gasteiger partial charge in [0, 0.05) is 0 Å². The standard InChI is InChI=1S/C19H25N3O2/c1-14(2)15-8-10-16(11-9-15)24-13-12-21-19(20)22-17-6-4-5-7-18(17)23-3/h4-11,14H,12-13H2,1-3H3,(H3,20,21,22). The number of anilines is 1. The molecule has 0 fully saturated rings. The van der Waals surface area contributed by atoms with Gasteiger partial charge >= 0.3 is 0 Å². The molecule has 0 unspecified atom stereocenters. The molecule has 0 aliphatic carbocycles. The van der Waals surface area contributed by atoms with E-state index in [1.165, 1.54) is 5.56 Å². The molecule has 0 aliphatic heterocycles. The molecule has 3 N–H and O–H groups in total.